The van der Waals surface area contributed by atoms with Crippen LogP contribution in [0.25, 0.3) is 11.3 Å². The van der Waals surface area contributed by atoms with Crippen LogP contribution in [0, 0.1) is 0 Å². The number of benzene rings is 1. The van der Waals surface area contributed by atoms with E-state index in [1.165, 1.54) is 0 Å². The van der Waals surface area contributed by atoms with Gasteiger partial charge in [-0.1, -0.05) is 12.1 Å². The Bertz CT molecular complexity index is 654. The Morgan fingerprint density at radius 2 is 2.05 bits per heavy atom. The molecule has 1 aromatic carbocycles. The molecule has 2 N–H and O–H groups in total. The maximum atomic E-state index is 11.0. The highest BCUT2D eigenvalue weighted by Crippen LogP contribution is 2.20. The normalized spacial score (nSPS) is 15.0. The maximum Gasteiger partial charge on any atom is 0.335 e. The van der Waals surface area contributed by atoms with Gasteiger partial charge in [0.1, 0.15) is 5.82 Å². The third kappa shape index (κ3) is 3.00. The van der Waals surface area contributed by atoms with Gasteiger partial charge >= 0.3 is 5.97 Å². The van der Waals surface area contributed by atoms with Crippen molar-refractivity contribution in [3.05, 3.63) is 42.2 Å². The molecule has 2 aromatic rings. The second kappa shape index (κ2) is 5.88. The Balaban J connectivity index is 1.92. The van der Waals surface area contributed by atoms with Crippen LogP contribution in [0.2, 0.25) is 0 Å². The predicted molar refractivity (Wildman–Crippen MR) is 79.5 cm³/mol. The third-order valence-electron chi connectivity index (χ3n) is 3.47. The van der Waals surface area contributed by atoms with Crippen molar-refractivity contribution in [1.82, 2.24) is 15.3 Å². The highest BCUT2D eigenvalue weighted by molar-refractivity contribution is 5.89. The minimum Gasteiger partial charge on any atom is -0.478 e. The molecule has 1 aliphatic heterocycles. The molecule has 0 spiro atoms. The molecule has 0 aliphatic carbocycles. The van der Waals surface area contributed by atoms with Gasteiger partial charge in [-0.2, -0.15) is 0 Å². The first-order valence-electron chi connectivity index (χ1n) is 6.85. The topological polar surface area (TPSA) is 78.3 Å². The van der Waals surface area contributed by atoms with Crippen molar-refractivity contribution in [1.29, 1.82) is 0 Å². The average molecular weight is 284 g/mol. The van der Waals surface area contributed by atoms with Gasteiger partial charge in [0.25, 0.3) is 0 Å². The van der Waals surface area contributed by atoms with Crippen molar-refractivity contribution >= 4 is 11.8 Å². The van der Waals surface area contributed by atoms with Crippen LogP contribution >= 0.6 is 0 Å². The lowest BCUT2D eigenvalue weighted by Crippen LogP contribution is -2.43. The van der Waals surface area contributed by atoms with E-state index in [1.807, 2.05) is 6.07 Å². The van der Waals surface area contributed by atoms with E-state index in [9.17, 15) is 4.79 Å². The summed E-state index contributed by atoms with van der Waals surface area (Å²) in [5.74, 6) is -0.113. The molecule has 0 atom stereocenters. The van der Waals surface area contributed by atoms with E-state index in [-0.39, 0.29) is 5.56 Å². The smallest absolute Gasteiger partial charge is 0.335 e. The van der Waals surface area contributed by atoms with Crippen LogP contribution in [0.5, 0.6) is 0 Å². The molecule has 2 heterocycles. The van der Waals surface area contributed by atoms with Crippen molar-refractivity contribution in [3.8, 4) is 11.3 Å². The summed E-state index contributed by atoms with van der Waals surface area (Å²) >= 11 is 0. The number of carboxylic acid groups (broad SMARTS) is 1. The molecule has 108 valence electrons. The maximum absolute atomic E-state index is 11.0. The molecule has 0 radical (unpaired) electrons. The van der Waals surface area contributed by atoms with E-state index in [1.54, 1.807) is 30.6 Å². The quantitative estimate of drug-likeness (QED) is 0.883. The summed E-state index contributed by atoms with van der Waals surface area (Å²) in [6.45, 7) is 3.65. The molecule has 1 aliphatic rings. The Morgan fingerprint density at radius 3 is 2.81 bits per heavy atom. The third-order valence-corrected chi connectivity index (χ3v) is 3.47. The summed E-state index contributed by atoms with van der Waals surface area (Å²) in [5, 5.41) is 12.4. The Labute approximate surface area is 122 Å². The lowest BCUT2D eigenvalue weighted by atomic mass is 10.1. The SMILES string of the molecule is O=C(O)c1cccc(-c2cncc(N3CCNCC3)n2)c1. The van der Waals surface area contributed by atoms with Gasteiger partial charge < -0.3 is 15.3 Å². The van der Waals surface area contributed by atoms with Gasteiger partial charge in [-0.25, -0.2) is 9.78 Å². The van der Waals surface area contributed by atoms with Crippen molar-refractivity contribution in [2.75, 3.05) is 31.1 Å². The van der Waals surface area contributed by atoms with Crippen molar-refractivity contribution in [2.45, 2.75) is 0 Å². The number of aromatic nitrogens is 2. The zero-order valence-corrected chi connectivity index (χ0v) is 11.5. The molecule has 6 heteroatoms. The molecule has 0 amide bonds. The first-order chi connectivity index (χ1) is 10.2. The molecule has 1 fully saturated rings. The number of nitrogens with zero attached hydrogens (tertiary/aromatic N) is 3. The molecule has 0 bridgehead atoms. The van der Waals surface area contributed by atoms with Crippen molar-refractivity contribution in [2.24, 2.45) is 0 Å². The molecule has 0 unspecified atom stereocenters. The number of rotatable bonds is 3. The predicted octanol–water partition coefficient (Wildman–Crippen LogP) is 1.25. The lowest BCUT2D eigenvalue weighted by Gasteiger charge is -2.28. The van der Waals surface area contributed by atoms with E-state index in [4.69, 9.17) is 5.11 Å². The van der Waals surface area contributed by atoms with Crippen LogP contribution < -0.4 is 10.2 Å². The fraction of sp³-hybridized carbons (Fsp3) is 0.267. The molecule has 0 saturated carbocycles. The Hall–Kier alpha value is -2.47. The largest absolute Gasteiger partial charge is 0.478 e. The summed E-state index contributed by atoms with van der Waals surface area (Å²) in [4.78, 5) is 22.1. The number of hydrogen-bond acceptors (Lipinski definition) is 5. The van der Waals surface area contributed by atoms with Gasteiger partial charge in [0, 0.05) is 31.7 Å². The van der Waals surface area contributed by atoms with Crippen LogP contribution in [-0.4, -0.2) is 47.2 Å². The van der Waals surface area contributed by atoms with Crippen LogP contribution in [0.1, 0.15) is 10.4 Å². The second-order valence-electron chi connectivity index (χ2n) is 4.89. The van der Waals surface area contributed by atoms with E-state index in [0.29, 0.717) is 5.69 Å². The molecule has 21 heavy (non-hydrogen) atoms. The summed E-state index contributed by atoms with van der Waals surface area (Å²) < 4.78 is 0. The highest BCUT2D eigenvalue weighted by Gasteiger charge is 2.13. The highest BCUT2D eigenvalue weighted by atomic mass is 16.4. The lowest BCUT2D eigenvalue weighted by molar-refractivity contribution is 0.0697. The van der Waals surface area contributed by atoms with E-state index >= 15 is 0 Å². The number of nitrogens with one attached hydrogen (secondary N) is 1. The van der Waals surface area contributed by atoms with E-state index in [0.717, 1.165) is 37.6 Å². The number of carboxylic acids is 1. The molecule has 6 nitrogen and oxygen atoms in total. The van der Waals surface area contributed by atoms with Gasteiger partial charge in [0.2, 0.25) is 0 Å². The van der Waals surface area contributed by atoms with Gasteiger partial charge in [0.15, 0.2) is 0 Å². The van der Waals surface area contributed by atoms with Crippen LogP contribution in [0.4, 0.5) is 5.82 Å². The molecule has 1 aromatic heterocycles. The average Bonchev–Trinajstić information content (AvgIpc) is 2.56. The number of carbonyl (C=O) groups is 1. The van der Waals surface area contributed by atoms with Crippen molar-refractivity contribution < 1.29 is 9.90 Å². The van der Waals surface area contributed by atoms with Crippen LogP contribution in [0.15, 0.2) is 36.7 Å². The number of piperazine rings is 1. The number of aromatic carboxylic acids is 1. The standard InChI is InChI=1S/C15H16N4O2/c20-15(21)12-3-1-2-11(8-12)13-9-17-10-14(18-13)19-6-4-16-5-7-19/h1-3,8-10,16H,4-7H2,(H,20,21). The Kier molecular flexibility index (Phi) is 3.79. The monoisotopic (exact) mass is 284 g/mol. The number of anilines is 1. The Morgan fingerprint density at radius 1 is 1.24 bits per heavy atom. The fourth-order valence-corrected chi connectivity index (χ4v) is 2.35. The number of hydrogen-bond donors (Lipinski definition) is 2. The summed E-state index contributed by atoms with van der Waals surface area (Å²) in [6.07, 6.45) is 3.41. The fourth-order valence-electron chi connectivity index (χ4n) is 2.35. The van der Waals surface area contributed by atoms with E-state index in [2.05, 4.69) is 20.2 Å². The molecular formula is C15H16N4O2. The van der Waals surface area contributed by atoms with Crippen LogP contribution in [-0.2, 0) is 0 Å². The molecular weight excluding hydrogens is 268 g/mol. The van der Waals surface area contributed by atoms with Gasteiger partial charge in [0.05, 0.1) is 23.7 Å². The van der Waals surface area contributed by atoms with Crippen molar-refractivity contribution in [3.63, 3.8) is 0 Å². The molecule has 1 saturated heterocycles. The minimum absolute atomic E-state index is 0.252. The first-order valence-corrected chi connectivity index (χ1v) is 6.85. The second-order valence-corrected chi connectivity index (χ2v) is 4.89. The van der Waals surface area contributed by atoms with Crippen LogP contribution in [0.3, 0.4) is 0 Å². The summed E-state index contributed by atoms with van der Waals surface area (Å²) in [6, 6.07) is 6.75. The summed E-state index contributed by atoms with van der Waals surface area (Å²) in [5.41, 5.74) is 1.70. The zero-order valence-electron chi connectivity index (χ0n) is 11.5. The van der Waals surface area contributed by atoms with E-state index < -0.39 is 5.97 Å². The molecule has 3 rings (SSSR count). The van der Waals surface area contributed by atoms with Gasteiger partial charge in [-0.3, -0.25) is 4.98 Å². The minimum atomic E-state index is -0.942. The zero-order chi connectivity index (χ0) is 14.7. The first kappa shape index (κ1) is 13.5. The van der Waals surface area contributed by atoms with Gasteiger partial charge in [-0.15, -0.1) is 0 Å². The van der Waals surface area contributed by atoms with Gasteiger partial charge in [-0.05, 0) is 12.1 Å². The summed E-state index contributed by atoms with van der Waals surface area (Å²) in [7, 11) is 0.